The summed E-state index contributed by atoms with van der Waals surface area (Å²) < 4.78 is 46.4. The molecule has 0 bridgehead atoms. The fourth-order valence-corrected chi connectivity index (χ4v) is 4.78. The van der Waals surface area contributed by atoms with Crippen LogP contribution in [0.1, 0.15) is 23.2 Å². The molecule has 1 aromatic rings. The monoisotopic (exact) mass is 406 g/mol. The molecule has 0 N–H and O–H groups in total. The van der Waals surface area contributed by atoms with Gasteiger partial charge in [0.2, 0.25) is 0 Å². The van der Waals surface area contributed by atoms with Crippen molar-refractivity contribution in [2.24, 2.45) is 5.92 Å². The van der Waals surface area contributed by atoms with E-state index in [1.54, 1.807) is 0 Å². The predicted octanol–water partition coefficient (Wildman–Crippen LogP) is 0.888. The topological polar surface area (TPSA) is 119 Å². The summed E-state index contributed by atoms with van der Waals surface area (Å²) in [4.78, 5) is 36.9. The van der Waals surface area contributed by atoms with Crippen LogP contribution in [0, 0.1) is 5.92 Å². The van der Waals surface area contributed by atoms with Gasteiger partial charge in [0.1, 0.15) is 11.2 Å². The van der Waals surface area contributed by atoms with Crippen molar-refractivity contribution in [3.63, 3.8) is 0 Å². The zero-order valence-corrected chi connectivity index (χ0v) is 15.7. The molecule has 2 unspecified atom stereocenters. The van der Waals surface area contributed by atoms with Gasteiger partial charge in [-0.1, -0.05) is 11.6 Å². The number of carbonyl (C=O) groups excluding carboxylic acids is 3. The van der Waals surface area contributed by atoms with E-state index < -0.39 is 48.2 Å². The highest BCUT2D eigenvalue weighted by molar-refractivity contribution is 7.92. The third kappa shape index (κ3) is 3.99. The summed E-state index contributed by atoms with van der Waals surface area (Å²) in [5.41, 5.74) is -0.199. The summed E-state index contributed by atoms with van der Waals surface area (Å²) in [6.45, 7) is 0. The van der Waals surface area contributed by atoms with Gasteiger partial charge >= 0.3 is 0 Å². The SMILES string of the molecule is CS(=O)(=O)c1ccc(C(=O)C2C(=O)CCC(S(C)(=O)=O)C2=O)c(Cl)c1. The summed E-state index contributed by atoms with van der Waals surface area (Å²) in [5.74, 6) is -4.30. The molecule has 1 aliphatic rings. The highest BCUT2D eigenvalue weighted by Gasteiger charge is 2.46. The van der Waals surface area contributed by atoms with Crippen LogP contribution in [0.3, 0.4) is 0 Å². The highest BCUT2D eigenvalue weighted by atomic mass is 35.5. The van der Waals surface area contributed by atoms with Crippen molar-refractivity contribution in [2.45, 2.75) is 23.0 Å². The van der Waals surface area contributed by atoms with E-state index in [-0.39, 0.29) is 28.3 Å². The molecule has 0 spiro atoms. The molecular formula is C15H15ClO7S2. The van der Waals surface area contributed by atoms with Gasteiger partial charge in [-0.2, -0.15) is 0 Å². The van der Waals surface area contributed by atoms with Crippen LogP contribution in [0.4, 0.5) is 0 Å². The molecule has 1 aromatic carbocycles. The second kappa shape index (κ2) is 6.62. The number of hydrogen-bond donors (Lipinski definition) is 0. The first-order chi connectivity index (χ1) is 11.3. The van der Waals surface area contributed by atoms with E-state index >= 15 is 0 Å². The minimum absolute atomic E-state index is 0.121. The van der Waals surface area contributed by atoms with Gasteiger partial charge in [0.25, 0.3) is 0 Å². The average Bonchev–Trinajstić information content (AvgIpc) is 2.44. The second-order valence-corrected chi connectivity index (χ2v) is 10.6. The van der Waals surface area contributed by atoms with Gasteiger partial charge in [-0.25, -0.2) is 16.8 Å². The molecule has 0 saturated heterocycles. The Morgan fingerprint density at radius 3 is 2.20 bits per heavy atom. The van der Waals surface area contributed by atoms with Crippen molar-refractivity contribution in [3.05, 3.63) is 28.8 Å². The summed E-state index contributed by atoms with van der Waals surface area (Å²) in [5, 5.41) is -1.64. The van der Waals surface area contributed by atoms with Crippen LogP contribution in [0.25, 0.3) is 0 Å². The van der Waals surface area contributed by atoms with Gasteiger partial charge in [-0.3, -0.25) is 14.4 Å². The summed E-state index contributed by atoms with van der Waals surface area (Å²) in [6, 6.07) is 3.31. The van der Waals surface area contributed by atoms with E-state index in [9.17, 15) is 31.2 Å². The van der Waals surface area contributed by atoms with Crippen LogP contribution < -0.4 is 0 Å². The molecule has 0 radical (unpaired) electrons. The second-order valence-electron chi connectivity index (χ2n) is 5.94. The number of carbonyl (C=O) groups is 3. The predicted molar refractivity (Wildman–Crippen MR) is 90.3 cm³/mol. The van der Waals surface area contributed by atoms with Gasteiger partial charge in [-0.15, -0.1) is 0 Å². The van der Waals surface area contributed by atoms with Gasteiger partial charge in [0.15, 0.2) is 37.0 Å². The Hall–Kier alpha value is -1.58. The normalized spacial score (nSPS) is 22.0. The summed E-state index contributed by atoms with van der Waals surface area (Å²) in [6.07, 6.45) is 1.48. The number of rotatable bonds is 4. The quantitative estimate of drug-likeness (QED) is 0.537. The number of benzene rings is 1. The zero-order valence-electron chi connectivity index (χ0n) is 13.4. The Balaban J connectivity index is 2.45. The molecule has 136 valence electrons. The van der Waals surface area contributed by atoms with E-state index in [0.717, 1.165) is 30.7 Å². The first-order valence-electron chi connectivity index (χ1n) is 7.13. The lowest BCUT2D eigenvalue weighted by atomic mass is 9.81. The van der Waals surface area contributed by atoms with Gasteiger partial charge < -0.3 is 0 Å². The van der Waals surface area contributed by atoms with Crippen molar-refractivity contribution < 1.29 is 31.2 Å². The average molecular weight is 407 g/mol. The largest absolute Gasteiger partial charge is 0.298 e. The minimum Gasteiger partial charge on any atom is -0.298 e. The van der Waals surface area contributed by atoms with Crippen LogP contribution in [0.2, 0.25) is 5.02 Å². The third-order valence-electron chi connectivity index (χ3n) is 3.99. The van der Waals surface area contributed by atoms with Crippen LogP contribution in [0.5, 0.6) is 0 Å². The lowest BCUT2D eigenvalue weighted by Crippen LogP contribution is -2.46. The smallest absolute Gasteiger partial charge is 0.182 e. The zero-order chi connectivity index (χ0) is 19.2. The number of hydrogen-bond acceptors (Lipinski definition) is 7. The summed E-state index contributed by atoms with van der Waals surface area (Å²) in [7, 11) is -7.30. The standard InChI is InChI=1S/C15H15ClO7S2/c1-24(20,21)8-3-4-9(10(16)7-8)14(18)13-11(17)5-6-12(15(13)19)25(2,22)23/h3-4,7,12-13H,5-6H2,1-2H3. The Bertz CT molecular complexity index is 977. The third-order valence-corrected chi connectivity index (χ3v) is 6.91. The number of Topliss-reactive ketones (excluding diaryl/α,β-unsaturated/α-hetero) is 3. The van der Waals surface area contributed by atoms with Crippen LogP contribution in [-0.4, -0.2) is 51.9 Å². The lowest BCUT2D eigenvalue weighted by Gasteiger charge is -2.25. The fraction of sp³-hybridized carbons (Fsp3) is 0.400. The van der Waals surface area contributed by atoms with Crippen LogP contribution in [0.15, 0.2) is 23.1 Å². The molecule has 7 nitrogen and oxygen atoms in total. The molecule has 1 aliphatic carbocycles. The fourth-order valence-electron chi connectivity index (χ4n) is 2.69. The van der Waals surface area contributed by atoms with Crippen LogP contribution >= 0.6 is 11.6 Å². The van der Waals surface area contributed by atoms with E-state index in [1.807, 2.05) is 0 Å². The van der Waals surface area contributed by atoms with Crippen molar-refractivity contribution in [3.8, 4) is 0 Å². The highest BCUT2D eigenvalue weighted by Crippen LogP contribution is 2.29. The minimum atomic E-state index is -3.75. The van der Waals surface area contributed by atoms with Crippen molar-refractivity contribution in [2.75, 3.05) is 12.5 Å². The number of halogens is 1. The Labute approximate surface area is 150 Å². The molecule has 0 heterocycles. The Morgan fingerprint density at radius 1 is 1.12 bits per heavy atom. The van der Waals surface area contributed by atoms with E-state index in [1.165, 1.54) is 0 Å². The van der Waals surface area contributed by atoms with Crippen molar-refractivity contribution in [1.29, 1.82) is 0 Å². The van der Waals surface area contributed by atoms with E-state index in [2.05, 4.69) is 0 Å². The maximum atomic E-state index is 12.6. The van der Waals surface area contributed by atoms with E-state index in [0.29, 0.717) is 0 Å². The van der Waals surface area contributed by atoms with Crippen molar-refractivity contribution in [1.82, 2.24) is 0 Å². The maximum Gasteiger partial charge on any atom is 0.182 e. The number of sulfone groups is 2. The number of ketones is 3. The molecule has 10 heteroatoms. The molecule has 2 rings (SSSR count). The Morgan fingerprint density at radius 2 is 1.72 bits per heavy atom. The molecule has 2 atom stereocenters. The Kier molecular flexibility index (Phi) is 5.23. The molecular weight excluding hydrogens is 392 g/mol. The molecule has 0 aromatic heterocycles. The first-order valence-corrected chi connectivity index (χ1v) is 11.4. The van der Waals surface area contributed by atoms with Crippen molar-refractivity contribution >= 4 is 48.6 Å². The molecule has 25 heavy (non-hydrogen) atoms. The van der Waals surface area contributed by atoms with Gasteiger partial charge in [0.05, 0.1) is 9.92 Å². The van der Waals surface area contributed by atoms with Gasteiger partial charge in [-0.05, 0) is 24.6 Å². The summed E-state index contributed by atoms with van der Waals surface area (Å²) >= 11 is 5.95. The van der Waals surface area contributed by atoms with E-state index in [4.69, 9.17) is 11.6 Å². The lowest BCUT2D eigenvalue weighted by molar-refractivity contribution is -0.132. The molecule has 0 aliphatic heterocycles. The first kappa shape index (κ1) is 19.7. The molecule has 0 amide bonds. The van der Waals surface area contributed by atoms with Crippen LogP contribution in [-0.2, 0) is 29.3 Å². The van der Waals surface area contributed by atoms with Gasteiger partial charge in [0, 0.05) is 24.5 Å². The molecule has 1 saturated carbocycles. The molecule has 1 fully saturated rings. The maximum absolute atomic E-state index is 12.6.